The molecule has 1 atom stereocenters. The molecule has 9 heteroatoms. The van der Waals surface area contributed by atoms with E-state index in [2.05, 4.69) is 29.4 Å². The first kappa shape index (κ1) is 23.3. The second-order valence-corrected chi connectivity index (χ2v) is 9.12. The van der Waals surface area contributed by atoms with Crippen molar-refractivity contribution in [3.63, 3.8) is 0 Å². The number of amides is 1. The van der Waals surface area contributed by atoms with Crippen LogP contribution in [-0.4, -0.2) is 38.8 Å². The first-order chi connectivity index (χ1) is 14.7. The van der Waals surface area contributed by atoms with Gasteiger partial charge in [0, 0.05) is 17.6 Å². The van der Waals surface area contributed by atoms with Gasteiger partial charge in [0.1, 0.15) is 5.25 Å². The lowest BCUT2D eigenvalue weighted by atomic mass is 10.0. The fourth-order valence-corrected chi connectivity index (χ4v) is 4.62. The van der Waals surface area contributed by atoms with Gasteiger partial charge in [0.15, 0.2) is 16.8 Å². The van der Waals surface area contributed by atoms with E-state index in [-0.39, 0.29) is 11.7 Å². The second-order valence-electron chi connectivity index (χ2n) is 7.20. The second kappa shape index (κ2) is 9.85. The van der Waals surface area contributed by atoms with Gasteiger partial charge in [0.2, 0.25) is 5.91 Å². The van der Waals surface area contributed by atoms with E-state index in [0.717, 1.165) is 23.0 Å². The zero-order chi connectivity index (χ0) is 22.7. The molecule has 162 valence electrons. The van der Waals surface area contributed by atoms with Gasteiger partial charge in [0.05, 0.1) is 10.7 Å². The summed E-state index contributed by atoms with van der Waals surface area (Å²) in [6.45, 7) is 5.56. The maximum Gasteiger partial charge on any atom is 0.240 e. The number of para-hydroxylation sites is 1. The standard InChI is InChI=1S/C22H22Cl2N4O2S/c1-12(2)15-7-5-6-8-18(15)28-20(16-10-9-14(23)11-17(16)24)26-27-22(28)31-19(13(3)29)21(30)25-4/h5-12,19H,1-4H3,(H,25,30)/t19-/m0/s1. The summed E-state index contributed by atoms with van der Waals surface area (Å²) in [5.74, 6) is 0.0430. The number of aromatic nitrogens is 3. The fourth-order valence-electron chi connectivity index (χ4n) is 3.15. The molecular weight excluding hydrogens is 455 g/mol. The third kappa shape index (κ3) is 4.95. The van der Waals surface area contributed by atoms with Crippen LogP contribution >= 0.6 is 35.0 Å². The van der Waals surface area contributed by atoms with Gasteiger partial charge in [-0.15, -0.1) is 10.2 Å². The van der Waals surface area contributed by atoms with Crippen LogP contribution in [0.1, 0.15) is 32.3 Å². The van der Waals surface area contributed by atoms with Crippen molar-refractivity contribution in [2.45, 2.75) is 37.1 Å². The number of nitrogens with zero attached hydrogens (tertiary/aromatic N) is 3. The van der Waals surface area contributed by atoms with Gasteiger partial charge in [-0.25, -0.2) is 0 Å². The maximum atomic E-state index is 12.3. The molecular formula is C22H22Cl2N4O2S. The SMILES string of the molecule is CNC(=O)[C@@H](Sc1nnc(-c2ccc(Cl)cc2Cl)n1-c1ccccc1C(C)C)C(C)=O. The Labute approximate surface area is 195 Å². The third-order valence-corrected chi connectivity index (χ3v) is 6.49. The molecule has 0 saturated carbocycles. The first-order valence-corrected chi connectivity index (χ1v) is 11.3. The molecule has 0 saturated heterocycles. The van der Waals surface area contributed by atoms with Crippen LogP contribution in [0, 0.1) is 0 Å². The molecule has 1 N–H and O–H groups in total. The van der Waals surface area contributed by atoms with Crippen LogP contribution in [0.2, 0.25) is 10.0 Å². The van der Waals surface area contributed by atoms with Crippen LogP contribution in [-0.2, 0) is 9.59 Å². The highest BCUT2D eigenvalue weighted by atomic mass is 35.5. The van der Waals surface area contributed by atoms with E-state index in [0.29, 0.717) is 26.6 Å². The topological polar surface area (TPSA) is 76.9 Å². The molecule has 0 aliphatic heterocycles. The van der Waals surface area contributed by atoms with E-state index < -0.39 is 11.2 Å². The lowest BCUT2D eigenvalue weighted by Gasteiger charge is -2.18. The number of ketones is 1. The van der Waals surface area contributed by atoms with Crippen molar-refractivity contribution in [2.24, 2.45) is 0 Å². The van der Waals surface area contributed by atoms with Gasteiger partial charge < -0.3 is 5.32 Å². The highest BCUT2D eigenvalue weighted by molar-refractivity contribution is 8.01. The zero-order valence-electron chi connectivity index (χ0n) is 17.5. The minimum absolute atomic E-state index is 0.215. The summed E-state index contributed by atoms with van der Waals surface area (Å²) in [5.41, 5.74) is 2.56. The Morgan fingerprint density at radius 1 is 1.10 bits per heavy atom. The van der Waals surface area contributed by atoms with Crippen LogP contribution < -0.4 is 5.32 Å². The molecule has 1 heterocycles. The van der Waals surface area contributed by atoms with Crippen molar-refractivity contribution in [3.05, 3.63) is 58.1 Å². The molecule has 2 aromatic carbocycles. The van der Waals surface area contributed by atoms with Crippen LogP contribution in [0.3, 0.4) is 0 Å². The van der Waals surface area contributed by atoms with E-state index >= 15 is 0 Å². The van der Waals surface area contributed by atoms with Crippen LogP contribution in [0.5, 0.6) is 0 Å². The minimum atomic E-state index is -0.951. The van der Waals surface area contributed by atoms with E-state index in [4.69, 9.17) is 23.2 Å². The predicted molar refractivity (Wildman–Crippen MR) is 125 cm³/mol. The lowest BCUT2D eigenvalue weighted by Crippen LogP contribution is -2.34. The van der Waals surface area contributed by atoms with Crippen molar-refractivity contribution >= 4 is 46.7 Å². The normalized spacial score (nSPS) is 12.1. The maximum absolute atomic E-state index is 12.3. The van der Waals surface area contributed by atoms with Gasteiger partial charge in [-0.05, 0) is 42.7 Å². The molecule has 3 aromatic rings. The van der Waals surface area contributed by atoms with Crippen LogP contribution in [0.4, 0.5) is 0 Å². The molecule has 3 rings (SSSR count). The number of Topliss-reactive ketones (excluding diaryl/α,β-unsaturated/α-hetero) is 1. The summed E-state index contributed by atoms with van der Waals surface area (Å²) in [5, 5.41) is 11.6. The zero-order valence-corrected chi connectivity index (χ0v) is 19.8. The Bertz CT molecular complexity index is 1130. The molecule has 0 fully saturated rings. The number of hydrogen-bond acceptors (Lipinski definition) is 5. The van der Waals surface area contributed by atoms with Crippen LogP contribution in [0.25, 0.3) is 17.1 Å². The average molecular weight is 477 g/mol. The largest absolute Gasteiger partial charge is 0.358 e. The van der Waals surface area contributed by atoms with Gasteiger partial charge in [0.25, 0.3) is 0 Å². The average Bonchev–Trinajstić information content (AvgIpc) is 3.14. The van der Waals surface area contributed by atoms with Gasteiger partial charge >= 0.3 is 0 Å². The van der Waals surface area contributed by atoms with Crippen LogP contribution in [0.15, 0.2) is 47.6 Å². The van der Waals surface area contributed by atoms with Crippen molar-refractivity contribution in [1.29, 1.82) is 0 Å². The van der Waals surface area contributed by atoms with Gasteiger partial charge in [-0.2, -0.15) is 0 Å². The molecule has 0 aliphatic rings. The molecule has 0 radical (unpaired) electrons. The number of halogens is 2. The molecule has 1 aromatic heterocycles. The minimum Gasteiger partial charge on any atom is -0.358 e. The predicted octanol–water partition coefficient (Wildman–Crippen LogP) is 5.16. The molecule has 31 heavy (non-hydrogen) atoms. The Hall–Kier alpha value is -2.35. The fraction of sp³-hybridized carbons (Fsp3) is 0.273. The van der Waals surface area contributed by atoms with Crippen molar-refractivity contribution in [2.75, 3.05) is 7.05 Å². The summed E-state index contributed by atoms with van der Waals surface area (Å²) in [6.07, 6.45) is 0. The highest BCUT2D eigenvalue weighted by Crippen LogP contribution is 2.36. The van der Waals surface area contributed by atoms with E-state index in [1.807, 2.05) is 28.8 Å². The number of thioether (sulfide) groups is 1. The third-order valence-electron chi connectivity index (χ3n) is 4.68. The van der Waals surface area contributed by atoms with Crippen molar-refractivity contribution in [3.8, 4) is 17.1 Å². The van der Waals surface area contributed by atoms with Gasteiger partial charge in [-0.3, -0.25) is 14.2 Å². The summed E-state index contributed by atoms with van der Waals surface area (Å²) in [6, 6.07) is 13.0. The molecule has 1 amide bonds. The molecule has 0 spiro atoms. The van der Waals surface area contributed by atoms with E-state index in [9.17, 15) is 9.59 Å². The Morgan fingerprint density at radius 2 is 1.81 bits per heavy atom. The van der Waals surface area contributed by atoms with E-state index in [1.54, 1.807) is 18.2 Å². The number of nitrogens with one attached hydrogen (secondary N) is 1. The Kier molecular flexibility index (Phi) is 7.41. The first-order valence-electron chi connectivity index (χ1n) is 9.63. The lowest BCUT2D eigenvalue weighted by molar-refractivity contribution is -0.126. The number of carbonyl (C=O) groups is 2. The molecule has 0 bridgehead atoms. The molecule has 0 aliphatic carbocycles. The smallest absolute Gasteiger partial charge is 0.240 e. The van der Waals surface area contributed by atoms with Gasteiger partial charge in [-0.1, -0.05) is 67.0 Å². The van der Waals surface area contributed by atoms with E-state index in [1.165, 1.54) is 14.0 Å². The summed E-state index contributed by atoms with van der Waals surface area (Å²) < 4.78 is 1.84. The van der Waals surface area contributed by atoms with Crippen molar-refractivity contribution in [1.82, 2.24) is 20.1 Å². The number of hydrogen-bond donors (Lipinski definition) is 1. The highest BCUT2D eigenvalue weighted by Gasteiger charge is 2.29. The Morgan fingerprint density at radius 3 is 2.42 bits per heavy atom. The molecule has 0 unspecified atom stereocenters. The summed E-state index contributed by atoms with van der Waals surface area (Å²) in [7, 11) is 1.50. The molecule has 6 nitrogen and oxygen atoms in total. The summed E-state index contributed by atoms with van der Waals surface area (Å²) >= 11 is 13.6. The number of rotatable bonds is 7. The number of carbonyl (C=O) groups excluding carboxylic acids is 2. The summed E-state index contributed by atoms with van der Waals surface area (Å²) in [4.78, 5) is 24.5. The monoisotopic (exact) mass is 476 g/mol. The van der Waals surface area contributed by atoms with Crippen molar-refractivity contribution < 1.29 is 9.59 Å². The number of benzene rings is 2. The Balaban J connectivity index is 2.25. The quantitative estimate of drug-likeness (QED) is 0.376.